The molecule has 2 aromatic carbocycles. The minimum absolute atomic E-state index is 0.463. The second kappa shape index (κ2) is 12.5. The zero-order valence-corrected chi connectivity index (χ0v) is 20.6. The fraction of sp³-hybridized carbons (Fsp3) is 0.613. The Bertz CT molecular complexity index is 761. The summed E-state index contributed by atoms with van der Waals surface area (Å²) in [7, 11) is 0. The van der Waals surface area contributed by atoms with Gasteiger partial charge in [-0.2, -0.15) is 0 Å². The minimum Gasteiger partial charge on any atom is -0.0654 e. The van der Waals surface area contributed by atoms with Gasteiger partial charge in [0, 0.05) is 0 Å². The van der Waals surface area contributed by atoms with E-state index in [0.29, 0.717) is 5.41 Å². The summed E-state index contributed by atoms with van der Waals surface area (Å²) in [6, 6.07) is 16.9. The van der Waals surface area contributed by atoms with Crippen molar-refractivity contribution >= 4 is 0 Å². The summed E-state index contributed by atoms with van der Waals surface area (Å²) in [5.74, 6) is 0. The van der Waals surface area contributed by atoms with E-state index in [-0.39, 0.29) is 0 Å². The van der Waals surface area contributed by atoms with Crippen molar-refractivity contribution in [2.45, 2.75) is 122 Å². The SMILES string of the molecule is CCCCCc1ccc(CCc2ccc(C3(CCCCC)CCCCC3)cc2C)cc1. The van der Waals surface area contributed by atoms with Crippen LogP contribution >= 0.6 is 0 Å². The molecule has 0 nitrogen and oxygen atoms in total. The molecular formula is C31H46. The molecule has 31 heavy (non-hydrogen) atoms. The third-order valence-corrected chi connectivity index (χ3v) is 7.80. The predicted octanol–water partition coefficient (Wildman–Crippen LogP) is 9.30. The normalized spacial score (nSPS) is 15.8. The van der Waals surface area contributed by atoms with E-state index in [1.165, 1.54) is 106 Å². The molecule has 0 amide bonds. The Morgan fingerprint density at radius 3 is 1.97 bits per heavy atom. The van der Waals surface area contributed by atoms with Crippen LogP contribution in [0, 0.1) is 6.92 Å². The Labute approximate surface area is 192 Å². The average Bonchev–Trinajstić information content (AvgIpc) is 2.80. The molecule has 0 spiro atoms. The van der Waals surface area contributed by atoms with Gasteiger partial charge in [-0.3, -0.25) is 0 Å². The molecule has 170 valence electrons. The Morgan fingerprint density at radius 1 is 0.677 bits per heavy atom. The first-order chi connectivity index (χ1) is 15.2. The molecule has 1 aliphatic carbocycles. The van der Waals surface area contributed by atoms with Crippen molar-refractivity contribution in [1.82, 2.24) is 0 Å². The van der Waals surface area contributed by atoms with Crippen LogP contribution in [-0.2, 0) is 24.7 Å². The summed E-state index contributed by atoms with van der Waals surface area (Å²) in [5, 5.41) is 0. The van der Waals surface area contributed by atoms with Crippen molar-refractivity contribution in [2.24, 2.45) is 0 Å². The number of aryl methyl sites for hydroxylation is 4. The monoisotopic (exact) mass is 418 g/mol. The molecule has 3 rings (SSSR count). The molecule has 0 atom stereocenters. The molecule has 2 aromatic rings. The molecule has 1 aliphatic rings. The number of hydrogen-bond acceptors (Lipinski definition) is 0. The fourth-order valence-corrected chi connectivity index (χ4v) is 5.66. The molecule has 0 aliphatic heterocycles. The van der Waals surface area contributed by atoms with E-state index < -0.39 is 0 Å². The highest BCUT2D eigenvalue weighted by atomic mass is 14.4. The average molecular weight is 419 g/mol. The van der Waals surface area contributed by atoms with Crippen molar-refractivity contribution in [3.8, 4) is 0 Å². The van der Waals surface area contributed by atoms with E-state index in [1.807, 2.05) is 0 Å². The van der Waals surface area contributed by atoms with Crippen molar-refractivity contribution < 1.29 is 0 Å². The third-order valence-electron chi connectivity index (χ3n) is 7.80. The zero-order valence-electron chi connectivity index (χ0n) is 20.6. The molecule has 0 radical (unpaired) electrons. The summed E-state index contributed by atoms with van der Waals surface area (Å²) in [5.41, 5.74) is 8.12. The van der Waals surface area contributed by atoms with Crippen LogP contribution in [0.2, 0.25) is 0 Å². The topological polar surface area (TPSA) is 0 Å². The van der Waals surface area contributed by atoms with Crippen molar-refractivity contribution in [3.05, 3.63) is 70.3 Å². The highest BCUT2D eigenvalue weighted by Crippen LogP contribution is 2.44. The van der Waals surface area contributed by atoms with Crippen LogP contribution < -0.4 is 0 Å². The second-order valence-corrected chi connectivity index (χ2v) is 10.2. The van der Waals surface area contributed by atoms with Gasteiger partial charge in [-0.15, -0.1) is 0 Å². The quantitative estimate of drug-likeness (QED) is 0.301. The Kier molecular flexibility index (Phi) is 9.69. The standard InChI is InChI=1S/C31H46/c1-4-6-9-13-27-14-16-28(17-15-27)18-19-29-20-21-30(25-26(29)3)31(22-10-7-5-2)23-11-8-12-24-31/h14-17,20-21,25H,4-13,18-19,22-24H2,1-3H3. The van der Waals surface area contributed by atoms with Gasteiger partial charge in [0.1, 0.15) is 0 Å². The van der Waals surface area contributed by atoms with E-state index in [4.69, 9.17) is 0 Å². The van der Waals surface area contributed by atoms with Crippen LogP contribution in [-0.4, -0.2) is 0 Å². The van der Waals surface area contributed by atoms with Gasteiger partial charge in [0.15, 0.2) is 0 Å². The maximum atomic E-state index is 2.56. The first-order valence-corrected chi connectivity index (χ1v) is 13.3. The second-order valence-electron chi connectivity index (χ2n) is 10.2. The van der Waals surface area contributed by atoms with Gasteiger partial charge in [-0.1, -0.05) is 108 Å². The van der Waals surface area contributed by atoms with Crippen molar-refractivity contribution in [2.75, 3.05) is 0 Å². The lowest BCUT2D eigenvalue weighted by molar-refractivity contribution is 0.266. The lowest BCUT2D eigenvalue weighted by Crippen LogP contribution is -2.29. The molecule has 0 unspecified atom stereocenters. The van der Waals surface area contributed by atoms with Crippen LogP contribution in [0.3, 0.4) is 0 Å². The van der Waals surface area contributed by atoms with Crippen LogP contribution in [0.1, 0.15) is 119 Å². The fourth-order valence-electron chi connectivity index (χ4n) is 5.66. The minimum atomic E-state index is 0.463. The summed E-state index contributed by atoms with van der Waals surface area (Å²) >= 11 is 0. The summed E-state index contributed by atoms with van der Waals surface area (Å²) in [4.78, 5) is 0. The first kappa shape index (κ1) is 24.1. The van der Waals surface area contributed by atoms with Gasteiger partial charge >= 0.3 is 0 Å². The molecule has 1 fully saturated rings. The van der Waals surface area contributed by atoms with Gasteiger partial charge in [0.25, 0.3) is 0 Å². The third kappa shape index (κ3) is 6.96. The molecule has 1 saturated carbocycles. The highest BCUT2D eigenvalue weighted by Gasteiger charge is 2.33. The van der Waals surface area contributed by atoms with E-state index in [9.17, 15) is 0 Å². The van der Waals surface area contributed by atoms with Gasteiger partial charge in [-0.25, -0.2) is 0 Å². The Hall–Kier alpha value is -1.56. The van der Waals surface area contributed by atoms with Gasteiger partial charge < -0.3 is 0 Å². The van der Waals surface area contributed by atoms with Crippen LogP contribution in [0.4, 0.5) is 0 Å². The molecule has 0 heterocycles. The van der Waals surface area contributed by atoms with E-state index in [0.717, 1.165) is 12.8 Å². The number of unbranched alkanes of at least 4 members (excludes halogenated alkanes) is 4. The summed E-state index contributed by atoms with van der Waals surface area (Å²) in [6.07, 6.45) is 20.1. The molecule has 0 saturated heterocycles. The number of hydrogen-bond donors (Lipinski definition) is 0. The van der Waals surface area contributed by atoms with E-state index >= 15 is 0 Å². The predicted molar refractivity (Wildman–Crippen MR) is 137 cm³/mol. The van der Waals surface area contributed by atoms with Crippen LogP contribution in [0.15, 0.2) is 42.5 Å². The van der Waals surface area contributed by atoms with Crippen molar-refractivity contribution in [3.63, 3.8) is 0 Å². The van der Waals surface area contributed by atoms with Crippen molar-refractivity contribution in [1.29, 1.82) is 0 Å². The van der Waals surface area contributed by atoms with Gasteiger partial charge in [-0.05, 0) is 85.1 Å². The first-order valence-electron chi connectivity index (χ1n) is 13.3. The molecule has 0 heteroatoms. The lowest BCUT2D eigenvalue weighted by Gasteiger charge is -2.38. The molecule has 0 N–H and O–H groups in total. The summed E-state index contributed by atoms with van der Waals surface area (Å²) < 4.78 is 0. The zero-order chi connectivity index (χ0) is 21.9. The number of rotatable bonds is 12. The smallest absolute Gasteiger partial charge is 0.00469 e. The maximum absolute atomic E-state index is 2.56. The maximum Gasteiger partial charge on any atom is -0.00469 e. The largest absolute Gasteiger partial charge is 0.0654 e. The molecule has 0 bridgehead atoms. The van der Waals surface area contributed by atoms with Crippen LogP contribution in [0.25, 0.3) is 0 Å². The number of benzene rings is 2. The summed E-state index contributed by atoms with van der Waals surface area (Å²) in [6.45, 7) is 6.95. The van der Waals surface area contributed by atoms with E-state index in [1.54, 1.807) is 5.56 Å². The van der Waals surface area contributed by atoms with Gasteiger partial charge in [0.2, 0.25) is 0 Å². The molecular weight excluding hydrogens is 372 g/mol. The van der Waals surface area contributed by atoms with Gasteiger partial charge in [0.05, 0.1) is 0 Å². The Balaban J connectivity index is 1.62. The Morgan fingerprint density at radius 2 is 1.32 bits per heavy atom. The molecule has 0 aromatic heterocycles. The van der Waals surface area contributed by atoms with Crippen LogP contribution in [0.5, 0.6) is 0 Å². The highest BCUT2D eigenvalue weighted by molar-refractivity contribution is 5.36. The van der Waals surface area contributed by atoms with E-state index in [2.05, 4.69) is 63.2 Å². The lowest BCUT2D eigenvalue weighted by atomic mass is 9.66.